The molecule has 5 rings (SSSR count). The van der Waals surface area contributed by atoms with Gasteiger partial charge in [-0.1, -0.05) is 6.92 Å². The molecule has 0 saturated heterocycles. The van der Waals surface area contributed by atoms with Crippen molar-refractivity contribution in [3.05, 3.63) is 56.6 Å². The monoisotopic (exact) mass is 487 g/mol. The number of carbonyl (C=O) groups is 1. The first kappa shape index (κ1) is 22.6. The molecule has 34 heavy (non-hydrogen) atoms. The van der Waals surface area contributed by atoms with E-state index in [2.05, 4.69) is 4.98 Å². The quantitative estimate of drug-likeness (QED) is 0.416. The number of nitrogens with two attached hydrogens (primary N) is 1. The number of benzene rings is 1. The van der Waals surface area contributed by atoms with Crippen molar-refractivity contribution in [2.75, 3.05) is 6.26 Å². The fraction of sp³-hybridized carbons (Fsp3) is 0.348. The average Bonchev–Trinajstić information content (AvgIpc) is 3.12. The van der Waals surface area contributed by atoms with Crippen LogP contribution < -0.4 is 11.3 Å². The Morgan fingerprint density at radius 3 is 2.62 bits per heavy atom. The molecule has 0 amide bonds. The molecular formula is C23H22FN3O6S. The van der Waals surface area contributed by atoms with Crippen molar-refractivity contribution in [2.24, 2.45) is 5.73 Å². The van der Waals surface area contributed by atoms with Gasteiger partial charge < -0.3 is 20.1 Å². The van der Waals surface area contributed by atoms with Gasteiger partial charge in [0, 0.05) is 34.9 Å². The fourth-order valence-corrected chi connectivity index (χ4v) is 5.66. The van der Waals surface area contributed by atoms with Crippen LogP contribution in [0.1, 0.15) is 48.6 Å². The summed E-state index contributed by atoms with van der Waals surface area (Å²) in [6.07, 6.45) is 0.923. The third-order valence-electron chi connectivity index (χ3n) is 6.64. The zero-order chi connectivity index (χ0) is 24.7. The number of nitrogens with zero attached hydrogens (tertiary/aromatic N) is 2. The van der Waals surface area contributed by atoms with Crippen LogP contribution in [0.15, 0.2) is 27.9 Å². The van der Waals surface area contributed by atoms with Crippen LogP contribution in [0.2, 0.25) is 0 Å². The number of fused-ring (bicyclic) bond motifs is 5. The van der Waals surface area contributed by atoms with Crippen LogP contribution in [0.3, 0.4) is 0 Å². The number of pyridine rings is 2. The van der Waals surface area contributed by atoms with E-state index in [1.807, 2.05) is 0 Å². The van der Waals surface area contributed by atoms with Crippen molar-refractivity contribution in [3.63, 3.8) is 0 Å². The molecule has 9 nitrogen and oxygen atoms in total. The van der Waals surface area contributed by atoms with Gasteiger partial charge in [0.25, 0.3) is 5.56 Å². The molecule has 11 heteroatoms. The van der Waals surface area contributed by atoms with Crippen molar-refractivity contribution in [3.8, 4) is 11.4 Å². The van der Waals surface area contributed by atoms with E-state index in [1.165, 1.54) is 10.6 Å². The number of hydrogen-bond donors (Lipinski definition) is 2. The van der Waals surface area contributed by atoms with Gasteiger partial charge in [-0.2, -0.15) is 0 Å². The molecule has 1 aromatic carbocycles. The average molecular weight is 488 g/mol. The summed E-state index contributed by atoms with van der Waals surface area (Å²) in [5, 5.41) is 11.4. The third-order valence-corrected chi connectivity index (χ3v) is 7.75. The minimum Gasteiger partial charge on any atom is -0.458 e. The molecule has 0 spiro atoms. The van der Waals surface area contributed by atoms with Crippen LogP contribution in [0.5, 0.6) is 0 Å². The minimum absolute atomic E-state index is 0.00426. The van der Waals surface area contributed by atoms with Crippen LogP contribution in [-0.2, 0) is 38.1 Å². The summed E-state index contributed by atoms with van der Waals surface area (Å²) < 4.78 is 45.4. The number of aliphatic hydroxyl groups is 1. The molecule has 0 aliphatic carbocycles. The Hall–Kier alpha value is -3.15. The van der Waals surface area contributed by atoms with Crippen LogP contribution in [0, 0.1) is 5.82 Å². The van der Waals surface area contributed by atoms with Gasteiger partial charge in [0.05, 0.1) is 29.0 Å². The number of esters is 1. The Kier molecular flexibility index (Phi) is 4.78. The zero-order valence-electron chi connectivity index (χ0n) is 18.7. The van der Waals surface area contributed by atoms with E-state index in [0.29, 0.717) is 27.9 Å². The number of sulfone groups is 1. The van der Waals surface area contributed by atoms with E-state index in [0.717, 1.165) is 12.3 Å². The van der Waals surface area contributed by atoms with Gasteiger partial charge >= 0.3 is 5.97 Å². The maximum atomic E-state index is 14.7. The summed E-state index contributed by atoms with van der Waals surface area (Å²) in [6, 6.07) is 3.23. The lowest BCUT2D eigenvalue weighted by Crippen LogP contribution is -2.44. The highest BCUT2D eigenvalue weighted by Crippen LogP contribution is 2.41. The number of hydrogen-bond acceptors (Lipinski definition) is 8. The first-order chi connectivity index (χ1) is 15.9. The molecule has 2 aliphatic rings. The largest absolute Gasteiger partial charge is 0.458 e. The van der Waals surface area contributed by atoms with Gasteiger partial charge in [0.1, 0.15) is 17.3 Å². The lowest BCUT2D eigenvalue weighted by atomic mass is 9.86. The molecular weight excluding hydrogens is 465 g/mol. The van der Waals surface area contributed by atoms with Gasteiger partial charge in [-0.3, -0.25) is 4.79 Å². The summed E-state index contributed by atoms with van der Waals surface area (Å²) in [6.45, 7) is 3.15. The Labute approximate surface area is 193 Å². The molecule has 0 bridgehead atoms. The predicted octanol–water partition coefficient (Wildman–Crippen LogP) is 1.64. The highest BCUT2D eigenvalue weighted by Gasteiger charge is 2.45. The van der Waals surface area contributed by atoms with Gasteiger partial charge in [-0.25, -0.2) is 22.6 Å². The maximum Gasteiger partial charge on any atom is 0.343 e. The molecule has 0 fully saturated rings. The van der Waals surface area contributed by atoms with Crippen molar-refractivity contribution in [1.29, 1.82) is 0 Å². The molecule has 2 aliphatic heterocycles. The second-order valence-electron chi connectivity index (χ2n) is 8.82. The van der Waals surface area contributed by atoms with E-state index < -0.39 is 43.7 Å². The van der Waals surface area contributed by atoms with Gasteiger partial charge in [-0.15, -0.1) is 0 Å². The van der Waals surface area contributed by atoms with Gasteiger partial charge in [-0.05, 0) is 31.0 Å². The highest BCUT2D eigenvalue weighted by atomic mass is 32.2. The Balaban J connectivity index is 1.86. The Bertz CT molecular complexity index is 1590. The SMILES string of the molecule is CC[C@@]1(O)C(=O)OCc2c1cc1n(c2=O)Cc2c-1nc1cc(F)c(S(C)(=O)=O)cc1c2[C@@H](C)N. The van der Waals surface area contributed by atoms with Crippen LogP contribution in [0.4, 0.5) is 4.39 Å². The van der Waals surface area contributed by atoms with Crippen molar-refractivity contribution in [2.45, 2.75) is 50.0 Å². The van der Waals surface area contributed by atoms with Crippen molar-refractivity contribution >= 4 is 26.7 Å². The number of carbonyl (C=O) groups excluding carboxylic acids is 1. The predicted molar refractivity (Wildman–Crippen MR) is 120 cm³/mol. The summed E-state index contributed by atoms with van der Waals surface area (Å²) in [4.78, 5) is 29.8. The molecule has 4 heterocycles. The smallest absolute Gasteiger partial charge is 0.343 e. The Morgan fingerprint density at radius 1 is 1.29 bits per heavy atom. The van der Waals surface area contributed by atoms with E-state index >= 15 is 0 Å². The van der Waals surface area contributed by atoms with E-state index in [9.17, 15) is 27.5 Å². The second-order valence-corrected chi connectivity index (χ2v) is 10.8. The van der Waals surface area contributed by atoms with Crippen LogP contribution >= 0.6 is 0 Å². The van der Waals surface area contributed by atoms with Gasteiger partial charge in [0.2, 0.25) is 0 Å². The molecule has 2 atom stereocenters. The standard InChI is InChI=1S/C23H22FN3O6S/c1-4-23(30)14-6-17-20-12(8-27(17)21(28)13(14)9-33-22(23)29)19(10(2)25)11-5-18(34(3,31)32)15(24)7-16(11)26-20/h5-7,10,30H,4,8-9,25H2,1-3H3/t10-,23+/m1/s1. The lowest BCUT2D eigenvalue weighted by molar-refractivity contribution is -0.172. The summed E-state index contributed by atoms with van der Waals surface area (Å²) in [5.74, 6) is -1.77. The molecule has 0 radical (unpaired) electrons. The normalized spacial score (nSPS) is 20.0. The minimum atomic E-state index is -3.85. The summed E-state index contributed by atoms with van der Waals surface area (Å²) >= 11 is 0. The third kappa shape index (κ3) is 2.97. The summed E-state index contributed by atoms with van der Waals surface area (Å²) in [5.41, 5.74) is 6.25. The zero-order valence-corrected chi connectivity index (χ0v) is 19.5. The van der Waals surface area contributed by atoms with Crippen molar-refractivity contribution in [1.82, 2.24) is 9.55 Å². The molecule has 178 valence electrons. The van der Waals surface area contributed by atoms with Crippen molar-refractivity contribution < 1.29 is 27.4 Å². The highest BCUT2D eigenvalue weighted by molar-refractivity contribution is 7.90. The molecule has 0 saturated carbocycles. The second kappa shape index (κ2) is 7.17. The molecule has 0 unspecified atom stereocenters. The topological polar surface area (TPSA) is 142 Å². The number of rotatable bonds is 3. The number of halogens is 1. The number of aromatic nitrogens is 2. The molecule has 3 N–H and O–H groups in total. The van der Waals surface area contributed by atoms with Crippen LogP contribution in [-0.4, -0.2) is 35.3 Å². The first-order valence-corrected chi connectivity index (χ1v) is 12.6. The number of cyclic esters (lactones) is 1. The molecule has 2 aromatic heterocycles. The van der Waals surface area contributed by atoms with E-state index in [4.69, 9.17) is 10.5 Å². The Morgan fingerprint density at radius 2 is 2.00 bits per heavy atom. The maximum absolute atomic E-state index is 14.7. The summed E-state index contributed by atoms with van der Waals surface area (Å²) in [7, 11) is -3.85. The lowest BCUT2D eigenvalue weighted by Gasteiger charge is -2.31. The van der Waals surface area contributed by atoms with E-state index in [-0.39, 0.29) is 36.2 Å². The first-order valence-electron chi connectivity index (χ1n) is 10.7. The molecule has 3 aromatic rings. The van der Waals surface area contributed by atoms with Gasteiger partial charge in [0.15, 0.2) is 15.4 Å². The van der Waals surface area contributed by atoms with Crippen LogP contribution in [0.25, 0.3) is 22.3 Å². The number of ether oxygens (including phenoxy) is 1. The van der Waals surface area contributed by atoms with E-state index in [1.54, 1.807) is 19.9 Å². The fourth-order valence-electron chi connectivity index (χ4n) is 4.92.